The van der Waals surface area contributed by atoms with Crippen molar-refractivity contribution in [3.8, 4) is 0 Å². The van der Waals surface area contributed by atoms with Crippen LogP contribution in [-0.2, 0) is 6.42 Å². The second-order valence-electron chi connectivity index (χ2n) is 5.49. The molecule has 2 unspecified atom stereocenters. The van der Waals surface area contributed by atoms with E-state index in [9.17, 15) is 0 Å². The highest BCUT2D eigenvalue weighted by atomic mass is 35.5. The Balaban J connectivity index is 1.73. The minimum absolute atomic E-state index is 0.277. The predicted molar refractivity (Wildman–Crippen MR) is 82.3 cm³/mol. The van der Waals surface area contributed by atoms with Crippen LogP contribution in [0.3, 0.4) is 0 Å². The van der Waals surface area contributed by atoms with E-state index in [2.05, 4.69) is 36.5 Å². The monoisotopic (exact) mass is 289 g/mol. The zero-order valence-corrected chi connectivity index (χ0v) is 12.5. The molecule has 2 aromatic rings. The van der Waals surface area contributed by atoms with Gasteiger partial charge in [-0.05, 0) is 60.5 Å². The van der Waals surface area contributed by atoms with Crippen LogP contribution in [0.5, 0.6) is 0 Å². The van der Waals surface area contributed by atoms with Crippen LogP contribution in [0.15, 0.2) is 41.0 Å². The maximum atomic E-state index is 6.15. The van der Waals surface area contributed by atoms with Crippen LogP contribution in [0.25, 0.3) is 0 Å². The molecule has 106 valence electrons. The highest BCUT2D eigenvalue weighted by Crippen LogP contribution is 2.41. The SMILES string of the molecule is CCCNC(CC1Cc2ccccc21)c1ccoc1Cl. The molecule has 1 N–H and O–H groups in total. The van der Waals surface area contributed by atoms with Crippen LogP contribution >= 0.6 is 11.6 Å². The van der Waals surface area contributed by atoms with Crippen molar-refractivity contribution in [2.24, 2.45) is 0 Å². The summed E-state index contributed by atoms with van der Waals surface area (Å²) in [4.78, 5) is 0. The molecule has 1 heterocycles. The second kappa shape index (κ2) is 6.02. The lowest BCUT2D eigenvalue weighted by molar-refractivity contribution is 0.425. The van der Waals surface area contributed by atoms with Crippen molar-refractivity contribution >= 4 is 11.6 Å². The summed E-state index contributed by atoms with van der Waals surface area (Å²) in [5.74, 6) is 0.631. The van der Waals surface area contributed by atoms with Crippen molar-refractivity contribution in [2.75, 3.05) is 6.54 Å². The van der Waals surface area contributed by atoms with Gasteiger partial charge < -0.3 is 9.73 Å². The molecule has 3 heteroatoms. The summed E-state index contributed by atoms with van der Waals surface area (Å²) in [6.07, 6.45) is 5.05. The number of hydrogen-bond donors (Lipinski definition) is 1. The van der Waals surface area contributed by atoms with Gasteiger partial charge in [-0.2, -0.15) is 0 Å². The van der Waals surface area contributed by atoms with Crippen molar-refractivity contribution < 1.29 is 4.42 Å². The molecule has 0 spiro atoms. The molecule has 2 atom stereocenters. The minimum atomic E-state index is 0.277. The molecule has 0 saturated carbocycles. The molecule has 1 aliphatic carbocycles. The lowest BCUT2D eigenvalue weighted by Gasteiger charge is -2.33. The molecule has 1 aliphatic rings. The molecular weight excluding hydrogens is 270 g/mol. The first-order valence-corrected chi connectivity index (χ1v) is 7.71. The molecule has 0 radical (unpaired) electrons. The fraction of sp³-hybridized carbons (Fsp3) is 0.412. The standard InChI is InChI=1S/C17H20ClNO/c1-2-8-19-16(15-7-9-20-17(15)18)11-13-10-12-5-3-4-6-14(12)13/h3-7,9,13,16,19H,2,8,10-11H2,1H3. The van der Waals surface area contributed by atoms with E-state index in [1.54, 1.807) is 6.26 Å². The first-order chi connectivity index (χ1) is 9.79. The number of fused-ring (bicyclic) bond motifs is 1. The maximum absolute atomic E-state index is 6.15. The van der Waals surface area contributed by atoms with E-state index in [-0.39, 0.29) is 6.04 Å². The Morgan fingerprint density at radius 1 is 1.35 bits per heavy atom. The molecule has 0 fully saturated rings. The summed E-state index contributed by atoms with van der Waals surface area (Å²) in [6, 6.07) is 11.0. The van der Waals surface area contributed by atoms with Crippen molar-refractivity contribution in [1.29, 1.82) is 0 Å². The molecule has 0 bridgehead atoms. The molecule has 0 saturated heterocycles. The fourth-order valence-corrected chi connectivity index (χ4v) is 3.30. The Morgan fingerprint density at radius 3 is 2.90 bits per heavy atom. The number of nitrogens with one attached hydrogen (secondary N) is 1. The Bertz CT molecular complexity index is 578. The van der Waals surface area contributed by atoms with Crippen molar-refractivity contribution in [3.63, 3.8) is 0 Å². The summed E-state index contributed by atoms with van der Waals surface area (Å²) in [6.45, 7) is 3.18. The van der Waals surface area contributed by atoms with Crippen LogP contribution in [0.2, 0.25) is 5.22 Å². The van der Waals surface area contributed by atoms with Crippen LogP contribution in [0.1, 0.15) is 48.4 Å². The van der Waals surface area contributed by atoms with Gasteiger partial charge in [-0.15, -0.1) is 0 Å². The summed E-state index contributed by atoms with van der Waals surface area (Å²) in [7, 11) is 0. The topological polar surface area (TPSA) is 25.2 Å². The lowest BCUT2D eigenvalue weighted by Crippen LogP contribution is -2.27. The largest absolute Gasteiger partial charge is 0.453 e. The Labute approximate surface area is 125 Å². The third-order valence-corrected chi connectivity index (χ3v) is 4.45. The Morgan fingerprint density at radius 2 is 2.20 bits per heavy atom. The normalized spacial score (nSPS) is 18.4. The Kier molecular flexibility index (Phi) is 4.13. The van der Waals surface area contributed by atoms with Gasteiger partial charge in [-0.25, -0.2) is 0 Å². The smallest absolute Gasteiger partial charge is 0.197 e. The van der Waals surface area contributed by atoms with Crippen molar-refractivity contribution in [3.05, 3.63) is 58.5 Å². The molecule has 1 aromatic carbocycles. The van der Waals surface area contributed by atoms with Crippen LogP contribution in [0.4, 0.5) is 0 Å². The average Bonchev–Trinajstić information content (AvgIpc) is 2.86. The maximum Gasteiger partial charge on any atom is 0.197 e. The zero-order valence-electron chi connectivity index (χ0n) is 11.7. The van der Waals surface area contributed by atoms with Gasteiger partial charge in [0.05, 0.1) is 6.26 Å². The molecule has 3 rings (SSSR count). The summed E-state index contributed by atoms with van der Waals surface area (Å²) in [5.41, 5.74) is 4.07. The van der Waals surface area contributed by atoms with Crippen LogP contribution < -0.4 is 5.32 Å². The molecule has 2 nitrogen and oxygen atoms in total. The van der Waals surface area contributed by atoms with Crippen molar-refractivity contribution in [1.82, 2.24) is 5.32 Å². The van der Waals surface area contributed by atoms with E-state index in [0.29, 0.717) is 11.1 Å². The van der Waals surface area contributed by atoms with Gasteiger partial charge in [-0.1, -0.05) is 31.2 Å². The number of furan rings is 1. The van der Waals surface area contributed by atoms with E-state index in [1.165, 1.54) is 17.5 Å². The summed E-state index contributed by atoms with van der Waals surface area (Å²) < 4.78 is 5.25. The van der Waals surface area contributed by atoms with Gasteiger partial charge >= 0.3 is 0 Å². The lowest BCUT2D eigenvalue weighted by atomic mass is 9.74. The van der Waals surface area contributed by atoms with Gasteiger partial charge in [0.1, 0.15) is 0 Å². The number of rotatable bonds is 6. The first-order valence-electron chi connectivity index (χ1n) is 7.33. The van der Waals surface area contributed by atoms with Gasteiger partial charge in [0.15, 0.2) is 5.22 Å². The van der Waals surface area contributed by atoms with Gasteiger partial charge in [0, 0.05) is 11.6 Å². The third-order valence-electron chi connectivity index (χ3n) is 4.14. The first kappa shape index (κ1) is 13.7. The number of hydrogen-bond acceptors (Lipinski definition) is 2. The van der Waals surface area contributed by atoms with E-state index in [4.69, 9.17) is 16.0 Å². The average molecular weight is 290 g/mol. The van der Waals surface area contributed by atoms with E-state index >= 15 is 0 Å². The number of halogens is 1. The van der Waals surface area contributed by atoms with Crippen LogP contribution in [-0.4, -0.2) is 6.54 Å². The van der Waals surface area contributed by atoms with Gasteiger partial charge in [0.25, 0.3) is 0 Å². The minimum Gasteiger partial charge on any atom is -0.453 e. The summed E-state index contributed by atoms with van der Waals surface area (Å²) >= 11 is 6.15. The third kappa shape index (κ3) is 2.63. The van der Waals surface area contributed by atoms with Crippen LogP contribution in [0, 0.1) is 0 Å². The Hall–Kier alpha value is -1.25. The molecule has 0 amide bonds. The van der Waals surface area contributed by atoms with Gasteiger partial charge in [-0.3, -0.25) is 0 Å². The predicted octanol–water partition coefficient (Wildman–Crippen LogP) is 4.70. The highest BCUT2D eigenvalue weighted by Gasteiger charge is 2.29. The molecule has 0 aliphatic heterocycles. The molecular formula is C17H20ClNO. The van der Waals surface area contributed by atoms with E-state index in [1.807, 2.05) is 6.07 Å². The van der Waals surface area contributed by atoms with Gasteiger partial charge in [0.2, 0.25) is 0 Å². The molecule has 20 heavy (non-hydrogen) atoms. The molecule has 1 aromatic heterocycles. The fourth-order valence-electron chi connectivity index (χ4n) is 3.05. The van der Waals surface area contributed by atoms with E-state index in [0.717, 1.165) is 24.9 Å². The summed E-state index contributed by atoms with van der Waals surface area (Å²) in [5, 5.41) is 4.12. The quantitative estimate of drug-likeness (QED) is 0.833. The second-order valence-corrected chi connectivity index (χ2v) is 5.84. The number of benzene rings is 1. The van der Waals surface area contributed by atoms with E-state index < -0.39 is 0 Å². The highest BCUT2D eigenvalue weighted by molar-refractivity contribution is 6.29. The zero-order chi connectivity index (χ0) is 13.9. The van der Waals surface area contributed by atoms with Crippen molar-refractivity contribution in [2.45, 2.75) is 38.1 Å².